The van der Waals surface area contributed by atoms with Crippen LogP contribution in [0.3, 0.4) is 0 Å². The van der Waals surface area contributed by atoms with Gasteiger partial charge in [-0.05, 0) is 56.0 Å². The maximum atomic E-state index is 13.9. The molecule has 1 aromatic heterocycles. The van der Waals surface area contributed by atoms with Crippen molar-refractivity contribution in [2.24, 2.45) is 0 Å². The standard InChI is InChI=1S/C29H32FN3O2/c1-29(2,32-27(34)20-23-11-6-7-13-25(23)30)28(35)33-17-15-22(16-18-33)26-14-8-12-24(31-26)19-21-9-4-3-5-10-21/h3-14,22H,15-20H2,1-2H3,(H,32,34). The molecule has 0 saturated carbocycles. The molecule has 0 unspecified atom stereocenters. The van der Waals surface area contributed by atoms with E-state index in [1.165, 1.54) is 11.6 Å². The van der Waals surface area contributed by atoms with Gasteiger partial charge in [0.1, 0.15) is 11.4 Å². The van der Waals surface area contributed by atoms with Crippen LogP contribution in [0.5, 0.6) is 0 Å². The summed E-state index contributed by atoms with van der Waals surface area (Å²) in [5.41, 5.74) is 2.60. The number of pyridine rings is 1. The molecule has 4 rings (SSSR count). The Balaban J connectivity index is 1.32. The first-order chi connectivity index (χ1) is 16.8. The summed E-state index contributed by atoms with van der Waals surface area (Å²) in [6.07, 6.45) is 2.35. The lowest BCUT2D eigenvalue weighted by molar-refractivity contribution is -0.141. The molecule has 1 saturated heterocycles. The van der Waals surface area contributed by atoms with E-state index in [4.69, 9.17) is 4.98 Å². The van der Waals surface area contributed by atoms with E-state index in [1.54, 1.807) is 32.0 Å². The van der Waals surface area contributed by atoms with Crippen LogP contribution in [0.25, 0.3) is 0 Å². The third kappa shape index (κ3) is 6.32. The van der Waals surface area contributed by atoms with Crippen LogP contribution in [0.15, 0.2) is 72.8 Å². The fraction of sp³-hybridized carbons (Fsp3) is 0.345. The number of piperidine rings is 1. The Labute approximate surface area is 206 Å². The van der Waals surface area contributed by atoms with Crippen LogP contribution < -0.4 is 5.32 Å². The number of hydrogen-bond donors (Lipinski definition) is 1. The Hall–Kier alpha value is -3.54. The van der Waals surface area contributed by atoms with Crippen molar-refractivity contribution in [3.05, 3.63) is 101 Å². The van der Waals surface area contributed by atoms with Crippen molar-refractivity contribution in [2.75, 3.05) is 13.1 Å². The molecule has 1 aliphatic heterocycles. The summed E-state index contributed by atoms with van der Waals surface area (Å²) in [4.78, 5) is 32.4. The topological polar surface area (TPSA) is 62.3 Å². The van der Waals surface area contributed by atoms with Crippen molar-refractivity contribution < 1.29 is 14.0 Å². The van der Waals surface area contributed by atoms with Gasteiger partial charge in [0.15, 0.2) is 0 Å². The summed E-state index contributed by atoms with van der Waals surface area (Å²) in [5.74, 6) is -0.616. The SMILES string of the molecule is CC(C)(NC(=O)Cc1ccccc1F)C(=O)N1CCC(c2cccc(Cc3ccccc3)n2)CC1. The van der Waals surface area contributed by atoms with Crippen LogP contribution in [0, 0.1) is 5.82 Å². The van der Waals surface area contributed by atoms with Gasteiger partial charge in [0.25, 0.3) is 0 Å². The predicted octanol–water partition coefficient (Wildman–Crippen LogP) is 4.66. The minimum Gasteiger partial charge on any atom is -0.342 e. The molecule has 5 nitrogen and oxygen atoms in total. The number of nitrogens with zero attached hydrogens (tertiary/aromatic N) is 2. The van der Waals surface area contributed by atoms with Crippen molar-refractivity contribution in [1.82, 2.24) is 15.2 Å². The molecule has 0 radical (unpaired) electrons. The zero-order chi connectivity index (χ0) is 24.8. The second-order valence-electron chi connectivity index (χ2n) is 9.72. The van der Waals surface area contributed by atoms with Crippen LogP contribution in [0.4, 0.5) is 4.39 Å². The molecule has 0 atom stereocenters. The molecule has 35 heavy (non-hydrogen) atoms. The maximum absolute atomic E-state index is 13.9. The monoisotopic (exact) mass is 473 g/mol. The van der Waals surface area contributed by atoms with Crippen molar-refractivity contribution in [2.45, 2.75) is 51.0 Å². The van der Waals surface area contributed by atoms with Gasteiger partial charge in [0.05, 0.1) is 6.42 Å². The Bertz CT molecular complexity index is 1170. The molecule has 0 spiro atoms. The van der Waals surface area contributed by atoms with Gasteiger partial charge in [0, 0.05) is 36.8 Å². The number of carbonyl (C=O) groups is 2. The predicted molar refractivity (Wildman–Crippen MR) is 134 cm³/mol. The molecular formula is C29H32FN3O2. The first kappa shape index (κ1) is 24.6. The van der Waals surface area contributed by atoms with Crippen LogP contribution in [-0.4, -0.2) is 40.3 Å². The van der Waals surface area contributed by atoms with E-state index >= 15 is 0 Å². The molecule has 2 aromatic carbocycles. The Kier molecular flexibility index (Phi) is 7.59. The molecule has 3 aromatic rings. The van der Waals surface area contributed by atoms with Gasteiger partial charge in [-0.1, -0.05) is 54.6 Å². The molecule has 2 amide bonds. The number of nitrogens with one attached hydrogen (secondary N) is 1. The van der Waals surface area contributed by atoms with Gasteiger partial charge in [-0.2, -0.15) is 0 Å². The normalized spacial score (nSPS) is 14.5. The number of carbonyl (C=O) groups excluding carboxylic acids is 2. The second-order valence-corrected chi connectivity index (χ2v) is 9.72. The van der Waals surface area contributed by atoms with E-state index in [0.29, 0.717) is 24.6 Å². The van der Waals surface area contributed by atoms with Crippen LogP contribution in [0.2, 0.25) is 0 Å². The van der Waals surface area contributed by atoms with Crippen molar-refractivity contribution in [3.63, 3.8) is 0 Å². The molecule has 1 aliphatic rings. The average molecular weight is 474 g/mol. The summed E-state index contributed by atoms with van der Waals surface area (Å²) in [7, 11) is 0. The third-order valence-corrected chi connectivity index (χ3v) is 6.55. The maximum Gasteiger partial charge on any atom is 0.247 e. The first-order valence-electron chi connectivity index (χ1n) is 12.2. The van der Waals surface area contributed by atoms with Crippen LogP contribution in [-0.2, 0) is 22.4 Å². The van der Waals surface area contributed by atoms with Gasteiger partial charge in [0.2, 0.25) is 11.8 Å². The van der Waals surface area contributed by atoms with Gasteiger partial charge >= 0.3 is 0 Å². The van der Waals surface area contributed by atoms with E-state index < -0.39 is 11.4 Å². The lowest BCUT2D eigenvalue weighted by Gasteiger charge is -2.37. The van der Waals surface area contributed by atoms with Gasteiger partial charge in [-0.15, -0.1) is 0 Å². The Morgan fingerprint density at radius 1 is 0.971 bits per heavy atom. The Morgan fingerprint density at radius 2 is 1.66 bits per heavy atom. The number of hydrogen-bond acceptors (Lipinski definition) is 3. The quantitative estimate of drug-likeness (QED) is 0.543. The number of likely N-dealkylation sites (tertiary alicyclic amines) is 1. The molecule has 0 bridgehead atoms. The minimum absolute atomic E-state index is 0.101. The number of aromatic nitrogens is 1. The average Bonchev–Trinajstić information content (AvgIpc) is 2.85. The van der Waals surface area contributed by atoms with E-state index in [2.05, 4.69) is 35.6 Å². The van der Waals surface area contributed by atoms with E-state index in [1.807, 2.05) is 23.1 Å². The van der Waals surface area contributed by atoms with Crippen LogP contribution >= 0.6 is 0 Å². The van der Waals surface area contributed by atoms with Crippen molar-refractivity contribution >= 4 is 11.8 Å². The van der Waals surface area contributed by atoms with Gasteiger partial charge < -0.3 is 10.2 Å². The first-order valence-corrected chi connectivity index (χ1v) is 12.2. The summed E-state index contributed by atoms with van der Waals surface area (Å²) in [6.45, 7) is 4.63. The summed E-state index contributed by atoms with van der Waals surface area (Å²) < 4.78 is 13.9. The van der Waals surface area contributed by atoms with Crippen LogP contribution in [0.1, 0.15) is 55.1 Å². The zero-order valence-corrected chi connectivity index (χ0v) is 20.3. The number of halogens is 1. The Morgan fingerprint density at radius 3 is 2.37 bits per heavy atom. The second kappa shape index (κ2) is 10.8. The third-order valence-electron chi connectivity index (χ3n) is 6.55. The van der Waals surface area contributed by atoms with Gasteiger partial charge in [-0.3, -0.25) is 14.6 Å². The van der Waals surface area contributed by atoms with E-state index in [9.17, 15) is 14.0 Å². The van der Waals surface area contributed by atoms with E-state index in [0.717, 1.165) is 30.7 Å². The molecular weight excluding hydrogens is 441 g/mol. The molecule has 1 N–H and O–H groups in total. The molecule has 182 valence electrons. The van der Waals surface area contributed by atoms with E-state index in [-0.39, 0.29) is 18.2 Å². The lowest BCUT2D eigenvalue weighted by Crippen LogP contribution is -2.57. The highest BCUT2D eigenvalue weighted by atomic mass is 19.1. The fourth-order valence-corrected chi connectivity index (χ4v) is 4.66. The highest BCUT2D eigenvalue weighted by molar-refractivity contribution is 5.91. The summed E-state index contributed by atoms with van der Waals surface area (Å²) in [5, 5.41) is 2.79. The summed E-state index contributed by atoms with van der Waals surface area (Å²) >= 11 is 0. The lowest BCUT2D eigenvalue weighted by atomic mass is 9.91. The highest BCUT2D eigenvalue weighted by Gasteiger charge is 2.35. The number of rotatable bonds is 7. The number of amides is 2. The van der Waals surface area contributed by atoms with Crippen molar-refractivity contribution in [1.29, 1.82) is 0 Å². The van der Waals surface area contributed by atoms with Crippen molar-refractivity contribution in [3.8, 4) is 0 Å². The number of benzene rings is 2. The molecule has 0 aliphatic carbocycles. The fourth-order valence-electron chi connectivity index (χ4n) is 4.66. The zero-order valence-electron chi connectivity index (χ0n) is 20.3. The molecule has 6 heteroatoms. The smallest absolute Gasteiger partial charge is 0.247 e. The molecule has 2 heterocycles. The largest absolute Gasteiger partial charge is 0.342 e. The minimum atomic E-state index is -1.07. The van der Waals surface area contributed by atoms with Gasteiger partial charge in [-0.25, -0.2) is 4.39 Å². The molecule has 1 fully saturated rings. The highest BCUT2D eigenvalue weighted by Crippen LogP contribution is 2.28. The summed E-state index contributed by atoms with van der Waals surface area (Å²) in [6, 6.07) is 22.7.